The molecule has 6 heteroatoms. The van der Waals surface area contributed by atoms with Crippen molar-refractivity contribution in [3.8, 4) is 0 Å². The van der Waals surface area contributed by atoms with Crippen LogP contribution in [0.3, 0.4) is 0 Å². The van der Waals surface area contributed by atoms with E-state index in [1.165, 1.54) is 23.8 Å². The fourth-order valence-corrected chi connectivity index (χ4v) is 2.36. The van der Waals surface area contributed by atoms with Crippen LogP contribution in [0, 0.1) is 0 Å². The van der Waals surface area contributed by atoms with Gasteiger partial charge in [-0.05, 0) is 35.7 Å². The maximum absolute atomic E-state index is 12.9. The lowest BCUT2D eigenvalue weighted by Gasteiger charge is -2.14. The van der Waals surface area contributed by atoms with Crippen LogP contribution in [0.2, 0.25) is 0 Å². The number of benzene rings is 2. The molecular weight excluding hydrogens is 329 g/mol. The van der Waals surface area contributed by atoms with Gasteiger partial charge < -0.3 is 10.6 Å². The van der Waals surface area contributed by atoms with Gasteiger partial charge >= 0.3 is 6.18 Å². The van der Waals surface area contributed by atoms with Gasteiger partial charge in [0.2, 0.25) is 5.91 Å². The predicted octanol–water partition coefficient (Wildman–Crippen LogP) is 5.27. The number of hydrogen-bond donors (Lipinski definition) is 2. The highest BCUT2D eigenvalue weighted by atomic mass is 19.4. The molecular formula is C19H21F3N2O. The number of alkyl halides is 3. The number of para-hydroxylation sites is 1. The van der Waals surface area contributed by atoms with E-state index in [0.717, 1.165) is 11.8 Å². The minimum atomic E-state index is -4.50. The second kappa shape index (κ2) is 8.05. The molecule has 0 aliphatic heterocycles. The molecule has 2 aromatic carbocycles. The van der Waals surface area contributed by atoms with Gasteiger partial charge in [-0.1, -0.05) is 38.1 Å². The van der Waals surface area contributed by atoms with Gasteiger partial charge in [-0.3, -0.25) is 4.79 Å². The number of halogens is 3. The molecule has 1 amide bonds. The number of hydrogen-bond acceptors (Lipinski definition) is 2. The summed E-state index contributed by atoms with van der Waals surface area (Å²) in [5, 5.41) is 5.42. The van der Waals surface area contributed by atoms with Crippen molar-refractivity contribution in [2.45, 2.75) is 32.4 Å². The van der Waals surface area contributed by atoms with Gasteiger partial charge in [-0.15, -0.1) is 0 Å². The minimum absolute atomic E-state index is 0.0676. The standard InChI is InChI=1S/C19H21F3N2O/c1-13(2)14-7-9-15(10-8-14)23-12-11-18(25)24-17-6-4-3-5-16(17)19(20,21)22/h3-10,13,23H,11-12H2,1-2H3,(H,24,25). The fraction of sp³-hybridized carbons (Fsp3) is 0.316. The molecule has 0 unspecified atom stereocenters. The Morgan fingerprint density at radius 3 is 2.28 bits per heavy atom. The molecule has 0 saturated heterocycles. The highest BCUT2D eigenvalue weighted by Crippen LogP contribution is 2.34. The van der Waals surface area contributed by atoms with E-state index in [-0.39, 0.29) is 12.1 Å². The lowest BCUT2D eigenvalue weighted by Crippen LogP contribution is -2.19. The summed E-state index contributed by atoms with van der Waals surface area (Å²) in [5.74, 6) is -0.0310. The zero-order valence-corrected chi connectivity index (χ0v) is 14.2. The summed E-state index contributed by atoms with van der Waals surface area (Å²) in [4.78, 5) is 11.9. The number of nitrogens with one attached hydrogen (secondary N) is 2. The molecule has 0 spiro atoms. The molecule has 0 saturated carbocycles. The Kier molecular flexibility index (Phi) is 6.07. The third kappa shape index (κ3) is 5.52. The highest BCUT2D eigenvalue weighted by Gasteiger charge is 2.33. The van der Waals surface area contributed by atoms with Crippen molar-refractivity contribution in [2.24, 2.45) is 0 Å². The summed E-state index contributed by atoms with van der Waals surface area (Å²) < 4.78 is 38.7. The van der Waals surface area contributed by atoms with Crippen LogP contribution in [-0.4, -0.2) is 12.5 Å². The molecule has 0 atom stereocenters. The molecule has 2 rings (SSSR count). The third-order valence-corrected chi connectivity index (χ3v) is 3.77. The van der Waals surface area contributed by atoms with Crippen molar-refractivity contribution >= 4 is 17.3 Å². The fourth-order valence-electron chi connectivity index (χ4n) is 2.36. The van der Waals surface area contributed by atoms with Gasteiger partial charge in [0.1, 0.15) is 0 Å². The summed E-state index contributed by atoms with van der Waals surface area (Å²) in [6.07, 6.45) is -4.43. The second-order valence-electron chi connectivity index (χ2n) is 6.05. The van der Waals surface area contributed by atoms with Gasteiger partial charge in [0, 0.05) is 18.7 Å². The second-order valence-corrected chi connectivity index (χ2v) is 6.05. The van der Waals surface area contributed by atoms with E-state index in [9.17, 15) is 18.0 Å². The average molecular weight is 350 g/mol. The van der Waals surface area contributed by atoms with E-state index in [2.05, 4.69) is 24.5 Å². The van der Waals surface area contributed by atoms with E-state index in [4.69, 9.17) is 0 Å². The average Bonchev–Trinajstić information content (AvgIpc) is 2.55. The van der Waals surface area contributed by atoms with E-state index < -0.39 is 17.6 Å². The number of carbonyl (C=O) groups excluding carboxylic acids is 1. The Bertz CT molecular complexity index is 709. The topological polar surface area (TPSA) is 41.1 Å². The zero-order chi connectivity index (χ0) is 18.4. The Hall–Kier alpha value is -2.50. The van der Waals surface area contributed by atoms with Gasteiger partial charge in [-0.25, -0.2) is 0 Å². The van der Waals surface area contributed by atoms with Gasteiger partial charge in [0.25, 0.3) is 0 Å². The van der Waals surface area contributed by atoms with Crippen LogP contribution in [0.25, 0.3) is 0 Å². The predicted molar refractivity (Wildman–Crippen MR) is 93.7 cm³/mol. The molecule has 0 aromatic heterocycles. The zero-order valence-electron chi connectivity index (χ0n) is 14.2. The van der Waals surface area contributed by atoms with E-state index in [0.29, 0.717) is 12.5 Å². The highest BCUT2D eigenvalue weighted by molar-refractivity contribution is 5.91. The normalized spacial score (nSPS) is 11.4. The van der Waals surface area contributed by atoms with Crippen LogP contribution in [0.15, 0.2) is 48.5 Å². The number of amides is 1. The van der Waals surface area contributed by atoms with Crippen molar-refractivity contribution in [3.63, 3.8) is 0 Å². The van der Waals surface area contributed by atoms with Crippen LogP contribution in [0.5, 0.6) is 0 Å². The molecule has 0 aliphatic carbocycles. The molecule has 2 N–H and O–H groups in total. The SMILES string of the molecule is CC(C)c1ccc(NCCC(=O)Nc2ccccc2C(F)(F)F)cc1. The molecule has 134 valence electrons. The van der Waals surface area contributed by atoms with E-state index in [1.54, 1.807) is 0 Å². The minimum Gasteiger partial charge on any atom is -0.385 e. The van der Waals surface area contributed by atoms with Gasteiger partial charge in [0.15, 0.2) is 0 Å². The van der Waals surface area contributed by atoms with Crippen molar-refractivity contribution < 1.29 is 18.0 Å². The third-order valence-electron chi connectivity index (χ3n) is 3.77. The van der Waals surface area contributed by atoms with Gasteiger partial charge in [0.05, 0.1) is 11.3 Å². The lowest BCUT2D eigenvalue weighted by atomic mass is 10.0. The van der Waals surface area contributed by atoms with Crippen molar-refractivity contribution in [1.29, 1.82) is 0 Å². The number of anilines is 2. The Morgan fingerprint density at radius 1 is 1.04 bits per heavy atom. The van der Waals surface area contributed by atoms with Crippen molar-refractivity contribution in [2.75, 3.05) is 17.2 Å². The summed E-state index contributed by atoms with van der Waals surface area (Å²) in [6, 6.07) is 12.8. The molecule has 0 radical (unpaired) electrons. The number of carbonyl (C=O) groups is 1. The van der Waals surface area contributed by atoms with Crippen molar-refractivity contribution in [1.82, 2.24) is 0 Å². The van der Waals surface area contributed by atoms with Gasteiger partial charge in [-0.2, -0.15) is 13.2 Å². The summed E-state index contributed by atoms with van der Waals surface area (Å²) >= 11 is 0. The molecule has 0 heterocycles. The molecule has 0 aliphatic rings. The first-order valence-electron chi connectivity index (χ1n) is 8.07. The molecule has 25 heavy (non-hydrogen) atoms. The van der Waals surface area contributed by atoms with E-state index >= 15 is 0 Å². The number of rotatable bonds is 6. The first-order valence-corrected chi connectivity index (χ1v) is 8.07. The summed E-state index contributed by atoms with van der Waals surface area (Å²) in [7, 11) is 0. The Labute approximate surface area is 145 Å². The van der Waals surface area contributed by atoms with Crippen LogP contribution in [0.1, 0.15) is 37.3 Å². The first-order chi connectivity index (χ1) is 11.8. The van der Waals surface area contributed by atoms with Crippen LogP contribution < -0.4 is 10.6 Å². The van der Waals surface area contributed by atoms with E-state index in [1.807, 2.05) is 24.3 Å². The molecule has 2 aromatic rings. The molecule has 0 fully saturated rings. The van der Waals surface area contributed by atoms with Crippen LogP contribution in [0.4, 0.5) is 24.5 Å². The Balaban J connectivity index is 1.87. The quantitative estimate of drug-likeness (QED) is 0.745. The maximum Gasteiger partial charge on any atom is 0.418 e. The summed E-state index contributed by atoms with van der Waals surface area (Å²) in [5.41, 5.74) is 1.02. The summed E-state index contributed by atoms with van der Waals surface area (Å²) in [6.45, 7) is 4.54. The monoisotopic (exact) mass is 350 g/mol. The van der Waals surface area contributed by atoms with Crippen molar-refractivity contribution in [3.05, 3.63) is 59.7 Å². The smallest absolute Gasteiger partial charge is 0.385 e. The molecule has 0 bridgehead atoms. The first kappa shape index (κ1) is 18.8. The molecule has 3 nitrogen and oxygen atoms in total. The van der Waals surface area contributed by atoms with Crippen LogP contribution >= 0.6 is 0 Å². The van der Waals surface area contributed by atoms with Crippen LogP contribution in [-0.2, 0) is 11.0 Å². The largest absolute Gasteiger partial charge is 0.418 e. The maximum atomic E-state index is 12.9. The Morgan fingerprint density at radius 2 is 1.68 bits per heavy atom. The lowest BCUT2D eigenvalue weighted by molar-refractivity contribution is -0.137.